The van der Waals surface area contributed by atoms with Crippen molar-refractivity contribution >= 4 is 33.8 Å². The zero-order valence-electron chi connectivity index (χ0n) is 13.9. The monoisotopic (exact) mass is 424 g/mol. The standard InChI is InChI=1S/C19H15BrF2O4/c1-19(2,18(24)25)26-15-10-6-12(16(21)17(15)22)5-9-14(23)11-3-7-13(20)8-4-11/h3-10H,1-2H3,(H,24,25)/b9-5+. The zero-order valence-corrected chi connectivity index (χ0v) is 15.5. The molecule has 136 valence electrons. The van der Waals surface area contributed by atoms with Crippen LogP contribution in [0.4, 0.5) is 8.78 Å². The second kappa shape index (κ2) is 7.78. The number of aliphatic carboxylic acids is 1. The number of ether oxygens (including phenoxy) is 1. The minimum atomic E-state index is -1.72. The molecule has 2 aromatic rings. The molecule has 0 saturated heterocycles. The van der Waals surface area contributed by atoms with Gasteiger partial charge in [-0.1, -0.05) is 15.9 Å². The van der Waals surface area contributed by atoms with Crippen LogP contribution in [0.3, 0.4) is 0 Å². The van der Waals surface area contributed by atoms with Crippen LogP contribution in [0.5, 0.6) is 5.75 Å². The highest BCUT2D eigenvalue weighted by molar-refractivity contribution is 9.10. The van der Waals surface area contributed by atoms with Crippen LogP contribution >= 0.6 is 15.9 Å². The molecule has 0 amide bonds. The van der Waals surface area contributed by atoms with Crippen molar-refractivity contribution in [1.82, 2.24) is 0 Å². The van der Waals surface area contributed by atoms with Crippen LogP contribution in [0.15, 0.2) is 46.9 Å². The van der Waals surface area contributed by atoms with E-state index in [4.69, 9.17) is 9.84 Å². The quantitative estimate of drug-likeness (QED) is 0.530. The number of benzene rings is 2. The van der Waals surface area contributed by atoms with Gasteiger partial charge in [-0.05, 0) is 62.4 Å². The fourth-order valence-corrected chi connectivity index (χ4v) is 2.21. The van der Waals surface area contributed by atoms with E-state index in [0.29, 0.717) is 5.56 Å². The maximum atomic E-state index is 14.2. The molecule has 7 heteroatoms. The Labute approximate surface area is 157 Å². The van der Waals surface area contributed by atoms with E-state index in [2.05, 4.69) is 15.9 Å². The van der Waals surface area contributed by atoms with Crippen LogP contribution in [-0.2, 0) is 4.79 Å². The summed E-state index contributed by atoms with van der Waals surface area (Å²) >= 11 is 3.25. The molecule has 0 radical (unpaired) electrons. The summed E-state index contributed by atoms with van der Waals surface area (Å²) in [5.41, 5.74) is -1.48. The Bertz CT molecular complexity index is 874. The summed E-state index contributed by atoms with van der Waals surface area (Å²) in [7, 11) is 0. The molecular weight excluding hydrogens is 410 g/mol. The van der Waals surface area contributed by atoms with Gasteiger partial charge < -0.3 is 9.84 Å². The van der Waals surface area contributed by atoms with E-state index in [-0.39, 0.29) is 11.3 Å². The highest BCUT2D eigenvalue weighted by Gasteiger charge is 2.31. The maximum absolute atomic E-state index is 14.2. The van der Waals surface area contributed by atoms with Crippen molar-refractivity contribution in [2.45, 2.75) is 19.4 Å². The topological polar surface area (TPSA) is 63.6 Å². The minimum absolute atomic E-state index is 0.159. The van der Waals surface area contributed by atoms with Gasteiger partial charge >= 0.3 is 5.97 Å². The number of rotatable bonds is 6. The average Bonchev–Trinajstić information content (AvgIpc) is 2.58. The van der Waals surface area contributed by atoms with Crippen LogP contribution in [0.2, 0.25) is 0 Å². The van der Waals surface area contributed by atoms with E-state index in [1.54, 1.807) is 24.3 Å². The summed E-state index contributed by atoms with van der Waals surface area (Å²) < 4.78 is 34.1. The molecule has 0 aliphatic heterocycles. The van der Waals surface area contributed by atoms with Gasteiger partial charge in [0.05, 0.1) is 0 Å². The van der Waals surface area contributed by atoms with E-state index in [1.165, 1.54) is 19.9 Å². The van der Waals surface area contributed by atoms with E-state index in [9.17, 15) is 18.4 Å². The molecule has 0 aromatic heterocycles. The average molecular weight is 425 g/mol. The zero-order chi connectivity index (χ0) is 19.5. The molecule has 1 N–H and O–H groups in total. The first-order chi connectivity index (χ1) is 12.1. The summed E-state index contributed by atoms with van der Waals surface area (Å²) in [6, 6.07) is 8.90. The summed E-state index contributed by atoms with van der Waals surface area (Å²) in [6.45, 7) is 2.44. The number of carboxylic acid groups (broad SMARTS) is 1. The van der Waals surface area contributed by atoms with Gasteiger partial charge in [0.15, 0.2) is 23.0 Å². The second-order valence-corrected chi connectivity index (χ2v) is 6.82. The summed E-state index contributed by atoms with van der Waals surface area (Å²) in [6.07, 6.45) is 2.28. The summed E-state index contributed by atoms with van der Waals surface area (Å²) in [4.78, 5) is 23.1. The molecule has 0 heterocycles. The first kappa shape index (κ1) is 19.8. The third-order valence-corrected chi connectivity index (χ3v) is 4.03. The number of carbonyl (C=O) groups is 2. The number of hydrogen-bond acceptors (Lipinski definition) is 3. The molecule has 26 heavy (non-hydrogen) atoms. The SMILES string of the molecule is CC(C)(Oc1ccc(/C=C/C(=O)c2ccc(Br)cc2)c(F)c1F)C(=O)O. The highest BCUT2D eigenvalue weighted by atomic mass is 79.9. The number of ketones is 1. The molecule has 0 aliphatic rings. The van der Waals surface area contributed by atoms with Gasteiger partial charge in [-0.2, -0.15) is 4.39 Å². The Hall–Kier alpha value is -2.54. The van der Waals surface area contributed by atoms with Crippen LogP contribution in [0.25, 0.3) is 6.08 Å². The predicted octanol–water partition coefficient (Wildman–Crippen LogP) is 4.87. The Morgan fingerprint density at radius 3 is 2.27 bits per heavy atom. The molecule has 0 spiro atoms. The Morgan fingerprint density at radius 1 is 1.08 bits per heavy atom. The maximum Gasteiger partial charge on any atom is 0.347 e. The second-order valence-electron chi connectivity index (χ2n) is 5.90. The highest BCUT2D eigenvalue weighted by Crippen LogP contribution is 2.27. The normalized spacial score (nSPS) is 11.6. The van der Waals surface area contributed by atoms with Gasteiger partial charge in [-0.3, -0.25) is 4.79 Å². The smallest absolute Gasteiger partial charge is 0.347 e. The van der Waals surface area contributed by atoms with Gasteiger partial charge in [0.25, 0.3) is 0 Å². The van der Waals surface area contributed by atoms with E-state index in [1.807, 2.05) is 0 Å². The lowest BCUT2D eigenvalue weighted by Crippen LogP contribution is -2.38. The lowest BCUT2D eigenvalue weighted by atomic mass is 10.1. The Morgan fingerprint density at radius 2 is 1.69 bits per heavy atom. The number of carbonyl (C=O) groups excluding carboxylic acids is 1. The molecule has 0 atom stereocenters. The van der Waals surface area contributed by atoms with Crippen LogP contribution in [0, 0.1) is 11.6 Å². The van der Waals surface area contributed by atoms with Crippen molar-refractivity contribution < 1.29 is 28.2 Å². The molecule has 0 fully saturated rings. The predicted molar refractivity (Wildman–Crippen MR) is 96.2 cm³/mol. The number of allylic oxidation sites excluding steroid dienone is 1. The van der Waals surface area contributed by atoms with Gasteiger partial charge in [-0.15, -0.1) is 0 Å². The van der Waals surface area contributed by atoms with E-state index < -0.39 is 29.0 Å². The first-order valence-electron chi connectivity index (χ1n) is 7.50. The fraction of sp³-hybridized carbons (Fsp3) is 0.158. The molecule has 4 nitrogen and oxygen atoms in total. The summed E-state index contributed by atoms with van der Waals surface area (Å²) in [5.74, 6) is -4.77. The Balaban J connectivity index is 2.23. The number of hydrogen-bond donors (Lipinski definition) is 1. The van der Waals surface area contributed by atoms with Crippen LogP contribution in [0.1, 0.15) is 29.8 Å². The molecule has 0 saturated carbocycles. The summed E-state index contributed by atoms with van der Waals surface area (Å²) in [5, 5.41) is 9.00. The number of halogens is 3. The third kappa shape index (κ3) is 4.54. The molecule has 0 aliphatic carbocycles. The number of carboxylic acids is 1. The molecular formula is C19H15BrF2O4. The lowest BCUT2D eigenvalue weighted by Gasteiger charge is -2.22. The Kier molecular flexibility index (Phi) is 5.92. The van der Waals surface area contributed by atoms with Crippen molar-refractivity contribution in [1.29, 1.82) is 0 Å². The van der Waals surface area contributed by atoms with Crippen LogP contribution in [-0.4, -0.2) is 22.5 Å². The van der Waals surface area contributed by atoms with Gasteiger partial charge in [0.2, 0.25) is 5.82 Å². The minimum Gasteiger partial charge on any atom is -0.478 e. The largest absolute Gasteiger partial charge is 0.478 e. The van der Waals surface area contributed by atoms with Gasteiger partial charge in [0, 0.05) is 15.6 Å². The van der Waals surface area contributed by atoms with Crippen molar-refractivity contribution in [3.8, 4) is 5.75 Å². The van der Waals surface area contributed by atoms with Crippen molar-refractivity contribution in [2.75, 3.05) is 0 Å². The van der Waals surface area contributed by atoms with Crippen molar-refractivity contribution in [3.05, 3.63) is 69.7 Å². The molecule has 2 rings (SSSR count). The molecule has 0 bridgehead atoms. The van der Waals surface area contributed by atoms with Gasteiger partial charge in [0.1, 0.15) is 0 Å². The molecule has 2 aromatic carbocycles. The fourth-order valence-electron chi connectivity index (χ4n) is 1.95. The third-order valence-electron chi connectivity index (χ3n) is 3.50. The van der Waals surface area contributed by atoms with Crippen LogP contribution < -0.4 is 4.74 Å². The van der Waals surface area contributed by atoms with Crippen molar-refractivity contribution in [2.24, 2.45) is 0 Å². The van der Waals surface area contributed by atoms with Gasteiger partial charge in [-0.25, -0.2) is 9.18 Å². The van der Waals surface area contributed by atoms with E-state index >= 15 is 0 Å². The van der Waals surface area contributed by atoms with E-state index in [0.717, 1.165) is 22.7 Å². The first-order valence-corrected chi connectivity index (χ1v) is 8.29. The van der Waals surface area contributed by atoms with Crippen molar-refractivity contribution in [3.63, 3.8) is 0 Å². The lowest BCUT2D eigenvalue weighted by molar-refractivity contribution is -0.152. The molecule has 0 unspecified atom stereocenters.